The molecule has 0 aliphatic carbocycles. The number of hydrogen-bond donors (Lipinski definition) is 2. The topological polar surface area (TPSA) is 67.4 Å². The molecule has 1 aliphatic rings. The van der Waals surface area contributed by atoms with Crippen LogP contribution in [0, 0.1) is 0 Å². The highest BCUT2D eigenvalue weighted by atomic mass is 35.5. The van der Waals surface area contributed by atoms with Crippen LogP contribution in [0.5, 0.6) is 5.75 Å². The Hall–Kier alpha value is -3.57. The van der Waals surface area contributed by atoms with Crippen molar-refractivity contribution < 1.29 is 14.3 Å². The summed E-state index contributed by atoms with van der Waals surface area (Å²) in [5.74, 6) is 0.272. The zero-order valence-corrected chi connectivity index (χ0v) is 16.3. The van der Waals surface area contributed by atoms with Crippen molar-refractivity contribution in [2.45, 2.75) is 0 Å². The van der Waals surface area contributed by atoms with E-state index < -0.39 is 0 Å². The maximum Gasteiger partial charge on any atom is 0.256 e. The fraction of sp³-hybridized carbons (Fsp3) is 0.0435. The van der Waals surface area contributed by atoms with E-state index in [0.29, 0.717) is 27.6 Å². The molecule has 1 heterocycles. The van der Waals surface area contributed by atoms with Crippen LogP contribution in [0.3, 0.4) is 0 Å². The van der Waals surface area contributed by atoms with E-state index in [1.807, 2.05) is 18.2 Å². The normalized spacial score (nSPS) is 13.7. The third-order valence-corrected chi connectivity index (χ3v) is 4.81. The highest BCUT2D eigenvalue weighted by molar-refractivity contribution is 6.36. The lowest BCUT2D eigenvalue weighted by atomic mass is 10.0. The van der Waals surface area contributed by atoms with Gasteiger partial charge in [-0.3, -0.25) is 9.59 Å². The lowest BCUT2D eigenvalue weighted by molar-refractivity contribution is -0.110. The number of fused-ring (bicyclic) bond motifs is 1. The molecule has 0 saturated heterocycles. The SMILES string of the molecule is COc1ccc(C(=O)Nc2cccc(/C=C3/C(=O)Nc4ccc(Cl)cc43)c2)cc1. The molecule has 0 radical (unpaired) electrons. The quantitative estimate of drug-likeness (QED) is 0.595. The summed E-state index contributed by atoms with van der Waals surface area (Å²) in [4.78, 5) is 24.8. The fourth-order valence-electron chi connectivity index (χ4n) is 3.12. The smallest absolute Gasteiger partial charge is 0.256 e. The summed E-state index contributed by atoms with van der Waals surface area (Å²) in [6, 6.07) is 19.4. The van der Waals surface area contributed by atoms with E-state index in [0.717, 1.165) is 16.8 Å². The molecular formula is C23H17ClN2O3. The van der Waals surface area contributed by atoms with Gasteiger partial charge in [-0.15, -0.1) is 0 Å². The number of ether oxygens (including phenoxy) is 1. The summed E-state index contributed by atoms with van der Waals surface area (Å²) in [5, 5.41) is 6.26. The highest BCUT2D eigenvalue weighted by Gasteiger charge is 2.24. The molecule has 1 aliphatic heterocycles. The van der Waals surface area contributed by atoms with E-state index in [2.05, 4.69) is 10.6 Å². The second-order valence-electron chi connectivity index (χ2n) is 6.51. The van der Waals surface area contributed by atoms with Gasteiger partial charge in [-0.25, -0.2) is 0 Å². The Morgan fingerprint density at radius 2 is 1.86 bits per heavy atom. The van der Waals surface area contributed by atoms with Crippen molar-refractivity contribution in [3.05, 3.63) is 88.4 Å². The molecule has 3 aromatic carbocycles. The van der Waals surface area contributed by atoms with Gasteiger partial charge < -0.3 is 15.4 Å². The summed E-state index contributed by atoms with van der Waals surface area (Å²) in [6.45, 7) is 0. The number of carbonyl (C=O) groups excluding carboxylic acids is 2. The molecule has 0 atom stereocenters. The summed E-state index contributed by atoms with van der Waals surface area (Å²) in [6.07, 6.45) is 1.78. The third kappa shape index (κ3) is 4.00. The van der Waals surface area contributed by atoms with Crippen molar-refractivity contribution in [3.8, 4) is 5.75 Å². The minimum absolute atomic E-state index is 0.185. The van der Waals surface area contributed by atoms with Gasteiger partial charge in [0.05, 0.1) is 7.11 Å². The molecule has 2 N–H and O–H groups in total. The van der Waals surface area contributed by atoms with Gasteiger partial charge in [0.2, 0.25) is 0 Å². The van der Waals surface area contributed by atoms with Gasteiger partial charge >= 0.3 is 0 Å². The second kappa shape index (κ2) is 7.81. The number of hydrogen-bond acceptors (Lipinski definition) is 3. The molecular weight excluding hydrogens is 388 g/mol. The number of halogens is 1. The maximum absolute atomic E-state index is 12.5. The first kappa shape index (κ1) is 18.8. The molecule has 0 aromatic heterocycles. The first-order valence-corrected chi connectivity index (χ1v) is 9.30. The van der Waals surface area contributed by atoms with Gasteiger partial charge in [0.25, 0.3) is 11.8 Å². The van der Waals surface area contributed by atoms with Crippen LogP contribution in [-0.4, -0.2) is 18.9 Å². The number of methoxy groups -OCH3 is 1. The Bertz CT molecular complexity index is 1140. The fourth-order valence-corrected chi connectivity index (χ4v) is 3.29. The Kier molecular flexibility index (Phi) is 5.06. The van der Waals surface area contributed by atoms with Crippen molar-refractivity contribution in [2.24, 2.45) is 0 Å². The van der Waals surface area contributed by atoms with E-state index in [1.165, 1.54) is 0 Å². The average molecular weight is 405 g/mol. The molecule has 0 fully saturated rings. The predicted molar refractivity (Wildman–Crippen MR) is 115 cm³/mol. The van der Waals surface area contributed by atoms with Crippen LogP contribution in [0.1, 0.15) is 21.5 Å². The molecule has 2 amide bonds. The maximum atomic E-state index is 12.5. The molecule has 5 nitrogen and oxygen atoms in total. The minimum Gasteiger partial charge on any atom is -0.497 e. The van der Waals surface area contributed by atoms with E-state index in [4.69, 9.17) is 16.3 Å². The Morgan fingerprint density at radius 3 is 2.62 bits per heavy atom. The summed E-state index contributed by atoms with van der Waals surface area (Å²) < 4.78 is 5.11. The van der Waals surface area contributed by atoms with Crippen molar-refractivity contribution in [3.63, 3.8) is 0 Å². The first-order chi connectivity index (χ1) is 14.0. The summed E-state index contributed by atoms with van der Waals surface area (Å²) >= 11 is 6.08. The lowest BCUT2D eigenvalue weighted by Gasteiger charge is -2.07. The average Bonchev–Trinajstić information content (AvgIpc) is 3.03. The van der Waals surface area contributed by atoms with Crippen LogP contribution in [0.25, 0.3) is 11.6 Å². The summed E-state index contributed by atoms with van der Waals surface area (Å²) in [5.41, 5.74) is 3.96. The Balaban J connectivity index is 1.58. The molecule has 4 rings (SSSR count). The van der Waals surface area contributed by atoms with Gasteiger partial charge in [0.1, 0.15) is 5.75 Å². The van der Waals surface area contributed by atoms with Crippen LogP contribution < -0.4 is 15.4 Å². The number of carbonyl (C=O) groups is 2. The van der Waals surface area contributed by atoms with E-state index >= 15 is 0 Å². The van der Waals surface area contributed by atoms with Crippen molar-refractivity contribution in [1.82, 2.24) is 0 Å². The molecule has 0 spiro atoms. The minimum atomic E-state index is -0.229. The standard InChI is InChI=1S/C23H17ClN2O3/c1-29-18-8-5-15(6-9-18)22(27)25-17-4-2-3-14(11-17)12-20-19-13-16(24)7-10-21(19)26-23(20)28/h2-13H,1H3,(H,25,27)(H,26,28)/b20-12+. The van der Waals surface area contributed by atoms with Crippen molar-refractivity contribution in [2.75, 3.05) is 17.7 Å². The molecule has 144 valence electrons. The lowest BCUT2D eigenvalue weighted by Crippen LogP contribution is -2.11. The van der Waals surface area contributed by atoms with Gasteiger partial charge in [0.15, 0.2) is 0 Å². The van der Waals surface area contributed by atoms with E-state index in [9.17, 15) is 9.59 Å². The number of anilines is 2. The zero-order chi connectivity index (χ0) is 20.4. The van der Waals surface area contributed by atoms with Crippen LogP contribution in [0.4, 0.5) is 11.4 Å². The van der Waals surface area contributed by atoms with Crippen LogP contribution in [0.2, 0.25) is 5.02 Å². The van der Waals surface area contributed by atoms with Gasteiger partial charge in [-0.05, 0) is 66.2 Å². The van der Waals surface area contributed by atoms with Crippen LogP contribution in [-0.2, 0) is 4.79 Å². The molecule has 0 saturated carbocycles. The van der Waals surface area contributed by atoms with Crippen LogP contribution in [0.15, 0.2) is 66.7 Å². The number of benzene rings is 3. The van der Waals surface area contributed by atoms with Gasteiger partial charge in [-0.1, -0.05) is 23.7 Å². The van der Waals surface area contributed by atoms with Gasteiger partial charge in [0, 0.05) is 33.1 Å². The van der Waals surface area contributed by atoms with Gasteiger partial charge in [-0.2, -0.15) is 0 Å². The molecule has 0 bridgehead atoms. The van der Waals surface area contributed by atoms with E-state index in [-0.39, 0.29) is 11.8 Å². The summed E-state index contributed by atoms with van der Waals surface area (Å²) in [7, 11) is 1.58. The second-order valence-corrected chi connectivity index (χ2v) is 6.95. The largest absolute Gasteiger partial charge is 0.497 e. The highest BCUT2D eigenvalue weighted by Crippen LogP contribution is 2.35. The van der Waals surface area contributed by atoms with Crippen molar-refractivity contribution >= 4 is 46.4 Å². The predicted octanol–water partition coefficient (Wildman–Crippen LogP) is 5.09. The Morgan fingerprint density at radius 1 is 1.07 bits per heavy atom. The molecule has 3 aromatic rings. The third-order valence-electron chi connectivity index (χ3n) is 4.57. The van der Waals surface area contributed by atoms with E-state index in [1.54, 1.807) is 61.7 Å². The Labute approximate surface area is 173 Å². The zero-order valence-electron chi connectivity index (χ0n) is 15.5. The van der Waals surface area contributed by atoms with Crippen LogP contribution >= 0.6 is 11.6 Å². The molecule has 0 unspecified atom stereocenters. The number of nitrogens with one attached hydrogen (secondary N) is 2. The molecule has 29 heavy (non-hydrogen) atoms. The van der Waals surface area contributed by atoms with Crippen molar-refractivity contribution in [1.29, 1.82) is 0 Å². The number of rotatable bonds is 4. The number of amides is 2. The molecule has 6 heteroatoms. The monoisotopic (exact) mass is 404 g/mol. The first-order valence-electron chi connectivity index (χ1n) is 8.92.